The number of carbonyl (C=O) groups excluding carboxylic acids is 8. The number of hydrogen-bond donors (Lipinski definition) is 7. The quantitative estimate of drug-likeness (QED) is 0.0168. The van der Waals surface area contributed by atoms with E-state index in [1.807, 2.05) is 6.92 Å². The fourth-order valence-electron chi connectivity index (χ4n) is 10.5. The molecule has 21 nitrogen and oxygen atoms in total. The number of hydrogen-bond acceptors (Lipinski definition) is 15. The van der Waals surface area contributed by atoms with Crippen molar-refractivity contribution in [3.05, 3.63) is 127 Å². The number of halogens is 1. The van der Waals surface area contributed by atoms with Crippen molar-refractivity contribution in [1.82, 2.24) is 36.1 Å². The number of aryl methyl sites for hydroxylation is 2. The summed E-state index contributed by atoms with van der Waals surface area (Å²) in [6.07, 6.45) is 0.731. The highest BCUT2D eigenvalue weighted by Crippen LogP contribution is 2.48. The minimum atomic E-state index is -1.62. The molecule has 5 aromatic rings. The average Bonchev–Trinajstić information content (AvgIpc) is 3.17. The number of rotatable bonds is 22. The van der Waals surface area contributed by atoms with Crippen LogP contribution in [0.5, 0.6) is 0 Å². The lowest BCUT2D eigenvalue weighted by Gasteiger charge is -2.37. The Morgan fingerprint density at radius 2 is 1.58 bits per heavy atom. The first-order valence-electron chi connectivity index (χ1n) is 25.9. The molecule has 1 saturated heterocycles. The number of pyridine rings is 2. The highest BCUT2D eigenvalue weighted by Gasteiger charge is 2.42. The summed E-state index contributed by atoms with van der Waals surface area (Å²) in [5.41, 5.74) is 5.68. The van der Waals surface area contributed by atoms with Crippen LogP contribution in [-0.2, 0) is 90.4 Å². The van der Waals surface area contributed by atoms with E-state index in [0.29, 0.717) is 53.8 Å². The number of aliphatic hydroxyl groups is 1. The van der Waals surface area contributed by atoms with Gasteiger partial charge in [0.1, 0.15) is 25.2 Å². The van der Waals surface area contributed by atoms with Crippen LogP contribution in [0.1, 0.15) is 83.2 Å². The van der Waals surface area contributed by atoms with Gasteiger partial charge in [-0.15, -0.1) is 0 Å². The molecule has 4 aliphatic rings. The Hall–Kier alpha value is -7.86. The number of thiol groups is 1. The summed E-state index contributed by atoms with van der Waals surface area (Å²) in [6.45, 7) is 2.59. The number of aromatic nitrogens is 2. The molecule has 4 atom stereocenters. The van der Waals surface area contributed by atoms with Crippen LogP contribution in [0, 0.1) is 12.7 Å². The number of nitrogens with one attached hydrogen (secondary N) is 5. The maximum atomic E-state index is 15.4. The second-order valence-electron chi connectivity index (χ2n) is 20.2. The van der Waals surface area contributed by atoms with Crippen LogP contribution in [0.4, 0.5) is 10.1 Å². The number of cyclic esters (lactones) is 1. The maximum Gasteiger partial charge on any atom is 0.340 e. The van der Waals surface area contributed by atoms with Crippen LogP contribution in [-0.4, -0.2) is 119 Å². The fourth-order valence-corrected chi connectivity index (χ4v) is 10.8. The molecule has 0 bridgehead atoms. The van der Waals surface area contributed by atoms with Gasteiger partial charge in [-0.3, -0.25) is 38.4 Å². The van der Waals surface area contributed by atoms with Gasteiger partial charge in [0.2, 0.25) is 41.4 Å². The van der Waals surface area contributed by atoms with Gasteiger partial charge in [-0.25, -0.2) is 19.1 Å². The van der Waals surface area contributed by atoms with E-state index >= 15 is 4.39 Å². The Balaban J connectivity index is 0.703. The molecule has 1 aliphatic carbocycles. The number of fused-ring (bicyclic) bond motifs is 5. The predicted octanol–water partition coefficient (Wildman–Crippen LogP) is 1.93. The summed E-state index contributed by atoms with van der Waals surface area (Å²) in [7, 11) is 0. The van der Waals surface area contributed by atoms with Gasteiger partial charge >= 0.3 is 5.97 Å². The lowest BCUT2D eigenvalue weighted by molar-refractivity contribution is -0.157. The molecule has 79 heavy (non-hydrogen) atoms. The molecule has 2 aromatic heterocycles. The van der Waals surface area contributed by atoms with Crippen molar-refractivity contribution in [3.8, 4) is 11.4 Å². The van der Waals surface area contributed by atoms with Crippen LogP contribution in [0.25, 0.3) is 22.3 Å². The van der Waals surface area contributed by atoms with Crippen LogP contribution in [0.3, 0.4) is 0 Å². The Morgan fingerprint density at radius 1 is 0.873 bits per heavy atom. The summed E-state index contributed by atoms with van der Waals surface area (Å²) in [4.78, 5) is 121. The van der Waals surface area contributed by atoms with E-state index in [0.717, 1.165) is 38.1 Å². The SMILES string of the molecule is Cc1c(F)cc2nc3c(c4c2c1CC[C@@]4(C)COCCOCNC(=O)CNC(=O)C(Cc1ccccc1)NC(=O)CNC(=O)CNC(=O)CCCc1ccc(N2C(=O)CC(S)C2=O)cc1)Cn1c-3cc2c(c1=O)COC(=O)C2O. The molecule has 3 unspecified atom stereocenters. The minimum Gasteiger partial charge on any atom is -0.458 e. The van der Waals surface area contributed by atoms with Gasteiger partial charge in [0.25, 0.3) is 5.56 Å². The van der Waals surface area contributed by atoms with Crippen LogP contribution >= 0.6 is 12.6 Å². The molecule has 9 rings (SSSR count). The molecule has 6 N–H and O–H groups in total. The number of nitrogens with zero attached hydrogens (tertiary/aromatic N) is 3. The number of benzene rings is 3. The average molecular weight is 1100 g/mol. The van der Waals surface area contributed by atoms with Crippen molar-refractivity contribution in [2.45, 2.75) is 94.8 Å². The van der Waals surface area contributed by atoms with Gasteiger partial charge in [-0.05, 0) is 78.6 Å². The molecule has 23 heteroatoms. The number of carbonyl (C=O) groups is 8. The molecule has 414 valence electrons. The zero-order chi connectivity index (χ0) is 56.1. The van der Waals surface area contributed by atoms with Crippen molar-refractivity contribution >= 4 is 76.5 Å². The third-order valence-electron chi connectivity index (χ3n) is 14.7. The van der Waals surface area contributed by atoms with E-state index in [-0.39, 0.29) is 94.4 Å². The topological polar surface area (TPSA) is 283 Å². The Labute approximate surface area is 457 Å². The second-order valence-corrected chi connectivity index (χ2v) is 20.8. The lowest BCUT2D eigenvalue weighted by Crippen LogP contribution is -2.52. The van der Waals surface area contributed by atoms with Gasteiger partial charge in [0, 0.05) is 47.3 Å². The first-order chi connectivity index (χ1) is 37.9. The maximum absolute atomic E-state index is 15.4. The molecule has 0 saturated carbocycles. The van der Waals surface area contributed by atoms with E-state index in [4.69, 9.17) is 19.2 Å². The Morgan fingerprint density at radius 3 is 2.33 bits per heavy atom. The van der Waals surface area contributed by atoms with Gasteiger partial charge in [0.15, 0.2) is 6.10 Å². The smallest absolute Gasteiger partial charge is 0.340 e. The predicted molar refractivity (Wildman–Crippen MR) is 286 cm³/mol. The standard InChI is InChI=1S/C56H59FN8O13S/c1-30-34-15-16-56(2,49-36-26-64-41(50(36)63-39(48(34)49)21-38(30)57)20-35-37(53(64)73)27-78-55(75)51(35)71)28-76-17-18-77-29-61-45(68)24-60-52(72)40(19-32-7-4-3-5-8-32)62-46(69)25-59-44(67)23-58-43(66)10-6-9-31-11-13-33(14-12-31)65-47(70)22-42(79)54(65)74/h3-5,7-8,11-14,20-21,40,42,51,71,79H,6,9-10,15-19,22-29H2,1-2H3,(H,58,66)(H,59,67)(H,60,72)(H,61,68)(H,62,69)/t40?,42?,51?,56-/m0/s1. The van der Waals surface area contributed by atoms with E-state index in [2.05, 4.69) is 39.2 Å². The van der Waals surface area contributed by atoms with E-state index < -0.39 is 76.9 Å². The third-order valence-corrected chi connectivity index (χ3v) is 15.1. The third kappa shape index (κ3) is 12.2. The first kappa shape index (κ1) is 55.9. The molecular formula is C56H59FN8O13S. The molecule has 3 aliphatic heterocycles. The zero-order valence-corrected chi connectivity index (χ0v) is 44.3. The summed E-state index contributed by atoms with van der Waals surface area (Å²) in [6, 6.07) is 17.6. The van der Waals surface area contributed by atoms with Crippen molar-refractivity contribution in [3.63, 3.8) is 0 Å². The molecule has 1 fully saturated rings. The van der Waals surface area contributed by atoms with Gasteiger partial charge in [0.05, 0.1) is 79.4 Å². The van der Waals surface area contributed by atoms with Crippen molar-refractivity contribution < 1.29 is 62.1 Å². The minimum absolute atomic E-state index is 0.0432. The number of amides is 7. The molecular weight excluding hydrogens is 1040 g/mol. The van der Waals surface area contributed by atoms with Crippen LogP contribution in [0.2, 0.25) is 0 Å². The highest BCUT2D eigenvalue weighted by atomic mass is 32.1. The van der Waals surface area contributed by atoms with Gasteiger partial charge in [-0.1, -0.05) is 49.4 Å². The fraction of sp³-hybridized carbons (Fsp3) is 0.393. The van der Waals surface area contributed by atoms with Crippen molar-refractivity contribution in [2.24, 2.45) is 0 Å². The summed E-state index contributed by atoms with van der Waals surface area (Å²) in [5.74, 6) is -4.87. The molecule has 0 radical (unpaired) electrons. The van der Waals surface area contributed by atoms with Crippen molar-refractivity contribution in [2.75, 3.05) is 51.1 Å². The number of aliphatic hydroxyl groups excluding tert-OH is 1. The normalized spacial score (nSPS) is 18.3. The second kappa shape index (κ2) is 24.0. The van der Waals surface area contributed by atoms with Crippen LogP contribution in [0.15, 0.2) is 71.5 Å². The van der Waals surface area contributed by atoms with Crippen molar-refractivity contribution in [1.29, 1.82) is 0 Å². The van der Waals surface area contributed by atoms with Crippen LogP contribution < -0.4 is 37.0 Å². The largest absolute Gasteiger partial charge is 0.458 e. The molecule has 7 amide bonds. The van der Waals surface area contributed by atoms with E-state index in [1.54, 1.807) is 72.2 Å². The number of esters is 1. The summed E-state index contributed by atoms with van der Waals surface area (Å²) < 4.78 is 33.8. The van der Waals surface area contributed by atoms with Gasteiger partial charge in [-0.2, -0.15) is 12.6 Å². The first-order valence-corrected chi connectivity index (χ1v) is 26.4. The highest BCUT2D eigenvalue weighted by molar-refractivity contribution is 7.82. The molecule has 0 spiro atoms. The number of ether oxygens (including phenoxy) is 3. The monoisotopic (exact) mass is 1100 g/mol. The number of anilines is 1. The molecule has 3 aromatic carbocycles. The Kier molecular flexibility index (Phi) is 17.0. The number of imide groups is 1. The summed E-state index contributed by atoms with van der Waals surface area (Å²) in [5, 5.41) is 23.5. The van der Waals surface area contributed by atoms with E-state index in [1.165, 1.54) is 6.07 Å². The zero-order valence-electron chi connectivity index (χ0n) is 43.4. The lowest BCUT2D eigenvalue weighted by atomic mass is 9.69. The summed E-state index contributed by atoms with van der Waals surface area (Å²) >= 11 is 4.15. The Bertz CT molecular complexity index is 3340. The van der Waals surface area contributed by atoms with E-state index in [9.17, 15) is 48.3 Å². The molecule has 5 heterocycles. The van der Waals surface area contributed by atoms with Gasteiger partial charge < -0.3 is 50.5 Å².